The van der Waals surface area contributed by atoms with Crippen molar-refractivity contribution in [3.05, 3.63) is 64.6 Å². The minimum Gasteiger partial charge on any atom is -0.462 e. The zero-order valence-corrected chi connectivity index (χ0v) is 16.5. The number of ether oxygens (including phenoxy) is 1. The Labute approximate surface area is 174 Å². The van der Waals surface area contributed by atoms with E-state index in [4.69, 9.17) is 16.3 Å². The summed E-state index contributed by atoms with van der Waals surface area (Å²) in [5.41, 5.74) is 0.284. The predicted octanol–water partition coefficient (Wildman–Crippen LogP) is 4.75. The third-order valence-electron chi connectivity index (χ3n) is 4.07. The summed E-state index contributed by atoms with van der Waals surface area (Å²) in [6.45, 7) is 2.21. The summed E-state index contributed by atoms with van der Waals surface area (Å²) in [5.74, 6) is -0.874. The third kappa shape index (κ3) is 5.10. The molecule has 0 spiro atoms. The second kappa shape index (κ2) is 8.74. The Morgan fingerprint density at radius 3 is 2.53 bits per heavy atom. The molecule has 3 aromatic rings. The minimum absolute atomic E-state index is 0.127. The van der Waals surface area contributed by atoms with Crippen molar-refractivity contribution >= 4 is 34.8 Å². The highest BCUT2D eigenvalue weighted by Gasteiger charge is 2.32. The number of anilines is 1. The molecule has 30 heavy (non-hydrogen) atoms. The number of pyridine rings is 1. The van der Waals surface area contributed by atoms with Gasteiger partial charge in [-0.2, -0.15) is 13.2 Å². The van der Waals surface area contributed by atoms with Gasteiger partial charge in [0.05, 0.1) is 34.9 Å². The van der Waals surface area contributed by atoms with E-state index in [1.807, 2.05) is 6.92 Å². The van der Waals surface area contributed by atoms with E-state index in [-0.39, 0.29) is 22.8 Å². The number of aromatic nitrogens is 2. The fourth-order valence-electron chi connectivity index (χ4n) is 2.69. The lowest BCUT2D eigenvalue weighted by molar-refractivity contribution is -0.137. The van der Waals surface area contributed by atoms with Crippen LogP contribution >= 0.6 is 11.6 Å². The molecule has 1 N–H and O–H groups in total. The van der Waals surface area contributed by atoms with Gasteiger partial charge in [0.2, 0.25) is 5.91 Å². The van der Waals surface area contributed by atoms with Crippen LogP contribution in [0.1, 0.15) is 35.0 Å². The van der Waals surface area contributed by atoms with Crippen molar-refractivity contribution in [2.45, 2.75) is 25.9 Å². The number of nitrogens with one attached hydrogen (secondary N) is 1. The number of esters is 1. The number of carbonyl (C=O) groups is 2. The minimum atomic E-state index is -4.55. The van der Waals surface area contributed by atoms with Crippen LogP contribution in [0.25, 0.3) is 5.65 Å². The van der Waals surface area contributed by atoms with E-state index in [9.17, 15) is 22.8 Å². The summed E-state index contributed by atoms with van der Waals surface area (Å²) in [5, 5.41) is 2.48. The van der Waals surface area contributed by atoms with Crippen molar-refractivity contribution in [2.24, 2.45) is 0 Å². The SMILES string of the molecule is CCCOC(=O)c1ccc(NC(=O)Cc2cn3cc(C(F)(F)F)cc(Cl)c3n2)cc1. The summed E-state index contributed by atoms with van der Waals surface area (Å²) in [6.07, 6.45) is -1.81. The normalized spacial score (nSPS) is 11.5. The first-order chi connectivity index (χ1) is 14.2. The molecule has 0 bridgehead atoms. The highest BCUT2D eigenvalue weighted by molar-refractivity contribution is 6.33. The number of nitrogens with zero attached hydrogens (tertiary/aromatic N) is 2. The Balaban J connectivity index is 1.68. The van der Waals surface area contributed by atoms with Gasteiger partial charge in [0.15, 0.2) is 5.65 Å². The molecule has 0 fully saturated rings. The molecule has 0 aliphatic heterocycles. The van der Waals surface area contributed by atoms with Crippen molar-refractivity contribution in [1.82, 2.24) is 9.38 Å². The molecule has 1 amide bonds. The molecule has 0 atom stereocenters. The van der Waals surface area contributed by atoms with Gasteiger partial charge in [0.25, 0.3) is 0 Å². The monoisotopic (exact) mass is 439 g/mol. The van der Waals surface area contributed by atoms with Crippen molar-refractivity contribution in [2.75, 3.05) is 11.9 Å². The molecular formula is C20H17ClF3N3O3. The van der Waals surface area contributed by atoms with Crippen LogP contribution in [0.4, 0.5) is 18.9 Å². The molecule has 10 heteroatoms. The van der Waals surface area contributed by atoms with Crippen LogP contribution in [0.2, 0.25) is 5.02 Å². The maximum absolute atomic E-state index is 12.9. The van der Waals surface area contributed by atoms with Gasteiger partial charge in [-0.1, -0.05) is 18.5 Å². The van der Waals surface area contributed by atoms with E-state index in [0.29, 0.717) is 24.3 Å². The first kappa shape index (κ1) is 21.6. The fourth-order valence-corrected chi connectivity index (χ4v) is 2.94. The lowest BCUT2D eigenvalue weighted by Gasteiger charge is -2.07. The molecule has 2 heterocycles. The maximum atomic E-state index is 12.9. The number of carbonyl (C=O) groups excluding carboxylic acids is 2. The second-order valence-electron chi connectivity index (χ2n) is 6.48. The van der Waals surface area contributed by atoms with Crippen LogP contribution in [-0.4, -0.2) is 27.9 Å². The third-order valence-corrected chi connectivity index (χ3v) is 4.34. The van der Waals surface area contributed by atoms with Crippen molar-refractivity contribution in [3.63, 3.8) is 0 Å². The Morgan fingerprint density at radius 1 is 1.20 bits per heavy atom. The van der Waals surface area contributed by atoms with E-state index in [2.05, 4.69) is 10.3 Å². The number of benzene rings is 1. The van der Waals surface area contributed by atoms with Crippen LogP contribution in [0.5, 0.6) is 0 Å². The van der Waals surface area contributed by atoms with Gasteiger partial charge in [-0.3, -0.25) is 4.79 Å². The smallest absolute Gasteiger partial charge is 0.417 e. The van der Waals surface area contributed by atoms with Crippen LogP contribution in [-0.2, 0) is 22.1 Å². The predicted molar refractivity (Wildman–Crippen MR) is 105 cm³/mol. The number of imidazole rings is 1. The first-order valence-electron chi connectivity index (χ1n) is 8.98. The van der Waals surface area contributed by atoms with Gasteiger partial charge in [-0.25, -0.2) is 9.78 Å². The summed E-state index contributed by atoms with van der Waals surface area (Å²) in [6, 6.07) is 6.95. The molecular weight excluding hydrogens is 423 g/mol. The lowest BCUT2D eigenvalue weighted by Crippen LogP contribution is -2.14. The van der Waals surface area contributed by atoms with E-state index in [1.165, 1.54) is 18.3 Å². The highest BCUT2D eigenvalue weighted by Crippen LogP contribution is 2.32. The van der Waals surface area contributed by atoms with E-state index in [1.54, 1.807) is 12.1 Å². The molecule has 0 saturated carbocycles. The molecule has 0 aliphatic rings. The lowest BCUT2D eigenvalue weighted by atomic mass is 10.2. The number of rotatable bonds is 6. The first-order valence-corrected chi connectivity index (χ1v) is 9.36. The molecule has 1 aromatic carbocycles. The number of hydrogen-bond acceptors (Lipinski definition) is 4. The summed E-state index contributed by atoms with van der Waals surface area (Å²) in [4.78, 5) is 28.2. The highest BCUT2D eigenvalue weighted by atomic mass is 35.5. The number of fused-ring (bicyclic) bond motifs is 1. The van der Waals surface area contributed by atoms with E-state index in [0.717, 1.165) is 16.7 Å². The molecule has 0 unspecified atom stereocenters. The van der Waals surface area contributed by atoms with Gasteiger partial charge < -0.3 is 14.5 Å². The molecule has 158 valence electrons. The summed E-state index contributed by atoms with van der Waals surface area (Å²) < 4.78 is 44.9. The van der Waals surface area contributed by atoms with Crippen LogP contribution in [0.3, 0.4) is 0 Å². The largest absolute Gasteiger partial charge is 0.462 e. The zero-order chi connectivity index (χ0) is 21.9. The van der Waals surface area contributed by atoms with Gasteiger partial charge in [-0.15, -0.1) is 0 Å². The number of amides is 1. The van der Waals surface area contributed by atoms with Crippen molar-refractivity contribution < 1.29 is 27.5 Å². The fraction of sp³-hybridized carbons (Fsp3) is 0.250. The summed E-state index contributed by atoms with van der Waals surface area (Å²) in [7, 11) is 0. The Bertz CT molecular complexity index is 1080. The maximum Gasteiger partial charge on any atom is 0.417 e. The average molecular weight is 440 g/mol. The van der Waals surface area contributed by atoms with Crippen LogP contribution in [0.15, 0.2) is 42.7 Å². The van der Waals surface area contributed by atoms with Crippen molar-refractivity contribution in [3.8, 4) is 0 Å². The molecule has 2 aromatic heterocycles. The van der Waals surface area contributed by atoms with Gasteiger partial charge in [0, 0.05) is 18.1 Å². The van der Waals surface area contributed by atoms with E-state index < -0.39 is 23.6 Å². The Hall–Kier alpha value is -3.07. The standard InChI is InChI=1S/C20H17ClF3N3O3/c1-2-7-30-19(29)12-3-5-14(6-4-12)25-17(28)9-15-11-27-10-13(20(22,23)24)8-16(21)18(27)26-15/h3-6,8,10-11H,2,7,9H2,1H3,(H,25,28). The van der Waals surface area contributed by atoms with Gasteiger partial charge in [0.1, 0.15) is 0 Å². The van der Waals surface area contributed by atoms with Gasteiger partial charge in [-0.05, 0) is 36.8 Å². The number of hydrogen-bond donors (Lipinski definition) is 1. The average Bonchev–Trinajstić information content (AvgIpc) is 3.09. The topological polar surface area (TPSA) is 72.7 Å². The molecule has 6 nitrogen and oxygen atoms in total. The van der Waals surface area contributed by atoms with Crippen LogP contribution in [0, 0.1) is 0 Å². The van der Waals surface area contributed by atoms with Gasteiger partial charge >= 0.3 is 12.1 Å². The van der Waals surface area contributed by atoms with E-state index >= 15 is 0 Å². The molecule has 0 aliphatic carbocycles. The molecule has 0 radical (unpaired) electrons. The molecule has 0 saturated heterocycles. The Kier molecular flexibility index (Phi) is 6.31. The number of halogens is 4. The number of alkyl halides is 3. The second-order valence-corrected chi connectivity index (χ2v) is 6.88. The van der Waals surface area contributed by atoms with Crippen molar-refractivity contribution in [1.29, 1.82) is 0 Å². The quantitative estimate of drug-likeness (QED) is 0.562. The summed E-state index contributed by atoms with van der Waals surface area (Å²) >= 11 is 5.90. The zero-order valence-electron chi connectivity index (χ0n) is 15.8. The molecule has 3 rings (SSSR count). The van der Waals surface area contributed by atoms with Crippen LogP contribution < -0.4 is 5.32 Å². The Morgan fingerprint density at radius 2 is 1.90 bits per heavy atom.